The number of anilines is 1. The number of benzene rings is 2. The normalized spacial score (nSPS) is 12.9. The van der Waals surface area contributed by atoms with Crippen LogP contribution in [-0.2, 0) is 13.0 Å². The van der Waals surface area contributed by atoms with E-state index in [-0.39, 0.29) is 17.2 Å². The van der Waals surface area contributed by atoms with E-state index in [0.29, 0.717) is 30.3 Å². The topological polar surface area (TPSA) is 93.9 Å². The molecule has 1 amide bonds. The second-order valence-corrected chi connectivity index (χ2v) is 6.19. The molecule has 0 atom stereocenters. The van der Waals surface area contributed by atoms with E-state index in [0.717, 1.165) is 17.5 Å². The van der Waals surface area contributed by atoms with Gasteiger partial charge in [-0.3, -0.25) is 14.9 Å². The minimum Gasteiger partial charge on any atom is -0.493 e. The van der Waals surface area contributed by atoms with Gasteiger partial charge in [-0.15, -0.1) is 0 Å². The summed E-state index contributed by atoms with van der Waals surface area (Å²) in [5.41, 5.74) is 3.07. The number of carbonyl (C=O) groups excluding carboxylic acids is 1. The molecule has 0 saturated heterocycles. The van der Waals surface area contributed by atoms with Crippen molar-refractivity contribution in [3.05, 3.63) is 57.1 Å². The lowest BCUT2D eigenvalue weighted by Gasteiger charge is -2.32. The summed E-state index contributed by atoms with van der Waals surface area (Å²) < 4.78 is 10.7. The molecule has 0 radical (unpaired) electrons. The van der Waals surface area contributed by atoms with Crippen LogP contribution in [0.5, 0.6) is 11.5 Å². The van der Waals surface area contributed by atoms with E-state index in [1.54, 1.807) is 20.3 Å². The molecule has 8 nitrogen and oxygen atoms in total. The number of nitro groups is 1. The van der Waals surface area contributed by atoms with Crippen molar-refractivity contribution in [2.24, 2.45) is 0 Å². The minimum absolute atomic E-state index is 0.110. The number of nitrogens with zero attached hydrogens (tertiary/aromatic N) is 2. The van der Waals surface area contributed by atoms with E-state index in [1.807, 2.05) is 17.0 Å². The maximum absolute atomic E-state index is 12.3. The summed E-state index contributed by atoms with van der Waals surface area (Å²) in [7, 11) is 4.70. The molecule has 0 saturated carbocycles. The van der Waals surface area contributed by atoms with Crippen molar-refractivity contribution in [3.63, 3.8) is 0 Å². The van der Waals surface area contributed by atoms with Gasteiger partial charge in [0, 0.05) is 32.3 Å². The molecular weight excluding hydrogens is 350 g/mol. The number of ether oxygens (including phenoxy) is 2. The monoisotopic (exact) mass is 371 g/mol. The Morgan fingerprint density at radius 3 is 2.41 bits per heavy atom. The Hall–Kier alpha value is -3.29. The molecule has 3 rings (SSSR count). The zero-order chi connectivity index (χ0) is 19.6. The fourth-order valence-corrected chi connectivity index (χ4v) is 3.32. The van der Waals surface area contributed by atoms with Gasteiger partial charge in [-0.25, -0.2) is 0 Å². The minimum atomic E-state index is -0.501. The van der Waals surface area contributed by atoms with Crippen LogP contribution in [0.1, 0.15) is 21.5 Å². The molecule has 0 aromatic heterocycles. The molecule has 8 heteroatoms. The number of fused-ring (bicyclic) bond motifs is 1. The number of methoxy groups -OCH3 is 2. The SMILES string of the molecule is CNC(=O)c1cc([N+](=O)[O-])ccc1N1CCc2cc(OC)c(OC)cc2C1. The number of amides is 1. The summed E-state index contributed by atoms with van der Waals surface area (Å²) in [6.45, 7) is 1.25. The molecule has 0 fully saturated rings. The number of nitrogens with one attached hydrogen (secondary N) is 1. The van der Waals surface area contributed by atoms with E-state index >= 15 is 0 Å². The van der Waals surface area contributed by atoms with E-state index in [2.05, 4.69) is 5.32 Å². The summed E-state index contributed by atoms with van der Waals surface area (Å²) in [4.78, 5) is 24.9. The van der Waals surface area contributed by atoms with E-state index in [9.17, 15) is 14.9 Å². The predicted molar refractivity (Wildman–Crippen MR) is 101 cm³/mol. The third-order valence-corrected chi connectivity index (χ3v) is 4.72. The van der Waals surface area contributed by atoms with Crippen LogP contribution >= 0.6 is 0 Å². The maximum Gasteiger partial charge on any atom is 0.270 e. The lowest BCUT2D eigenvalue weighted by molar-refractivity contribution is -0.384. The zero-order valence-electron chi connectivity index (χ0n) is 15.4. The molecule has 1 aliphatic heterocycles. The van der Waals surface area contributed by atoms with Gasteiger partial charge >= 0.3 is 0 Å². The Kier molecular flexibility index (Phi) is 5.16. The Morgan fingerprint density at radius 1 is 1.15 bits per heavy atom. The Morgan fingerprint density at radius 2 is 1.81 bits per heavy atom. The van der Waals surface area contributed by atoms with Crippen molar-refractivity contribution in [1.82, 2.24) is 5.32 Å². The van der Waals surface area contributed by atoms with Crippen LogP contribution in [-0.4, -0.2) is 38.6 Å². The van der Waals surface area contributed by atoms with Gasteiger partial charge in [0.25, 0.3) is 11.6 Å². The summed E-state index contributed by atoms with van der Waals surface area (Å²) in [5.74, 6) is 0.978. The van der Waals surface area contributed by atoms with Gasteiger partial charge in [0.1, 0.15) is 0 Å². The van der Waals surface area contributed by atoms with Gasteiger partial charge in [0.15, 0.2) is 11.5 Å². The molecular formula is C19H21N3O5. The number of hydrogen-bond donors (Lipinski definition) is 1. The smallest absolute Gasteiger partial charge is 0.270 e. The average molecular weight is 371 g/mol. The summed E-state index contributed by atoms with van der Waals surface area (Å²) >= 11 is 0. The molecule has 0 aliphatic carbocycles. The molecule has 2 aromatic rings. The van der Waals surface area contributed by atoms with Gasteiger partial charge in [-0.2, -0.15) is 0 Å². The van der Waals surface area contributed by atoms with E-state index < -0.39 is 4.92 Å². The third-order valence-electron chi connectivity index (χ3n) is 4.72. The lowest BCUT2D eigenvalue weighted by Crippen LogP contribution is -2.32. The fraction of sp³-hybridized carbons (Fsp3) is 0.316. The maximum atomic E-state index is 12.3. The number of non-ortho nitro benzene ring substituents is 1. The second-order valence-electron chi connectivity index (χ2n) is 6.19. The standard InChI is InChI=1S/C19H21N3O5/c1-20-19(23)15-10-14(22(24)25)4-5-16(15)21-7-6-12-8-17(26-2)18(27-3)9-13(12)11-21/h4-5,8-10H,6-7,11H2,1-3H3,(H,20,23). The highest BCUT2D eigenvalue weighted by molar-refractivity contribution is 6.00. The van der Waals surface area contributed by atoms with E-state index in [1.165, 1.54) is 19.2 Å². The van der Waals surface area contributed by atoms with Crippen molar-refractivity contribution >= 4 is 17.3 Å². The van der Waals surface area contributed by atoms with Gasteiger partial charge in [0.05, 0.1) is 30.4 Å². The number of rotatable bonds is 5. The van der Waals surface area contributed by atoms with Gasteiger partial charge in [0.2, 0.25) is 0 Å². The van der Waals surface area contributed by atoms with Crippen molar-refractivity contribution in [2.75, 3.05) is 32.7 Å². The van der Waals surface area contributed by atoms with Crippen LogP contribution in [0.2, 0.25) is 0 Å². The molecule has 0 bridgehead atoms. The van der Waals surface area contributed by atoms with Crippen molar-refractivity contribution < 1.29 is 19.2 Å². The number of nitro benzene ring substituents is 1. The molecule has 142 valence electrons. The van der Waals surface area contributed by atoms with Crippen LogP contribution in [0.3, 0.4) is 0 Å². The number of carbonyl (C=O) groups is 1. The second kappa shape index (κ2) is 7.53. The first-order chi connectivity index (χ1) is 13.0. The molecule has 0 unspecified atom stereocenters. The van der Waals surface area contributed by atoms with Crippen LogP contribution in [0.25, 0.3) is 0 Å². The Labute approximate surface area is 156 Å². The zero-order valence-corrected chi connectivity index (χ0v) is 15.4. The molecule has 0 spiro atoms. The third kappa shape index (κ3) is 3.51. The van der Waals surface area contributed by atoms with Gasteiger partial charge in [-0.1, -0.05) is 0 Å². The first-order valence-corrected chi connectivity index (χ1v) is 8.47. The summed E-state index contributed by atoms with van der Waals surface area (Å²) in [5, 5.41) is 13.6. The first kappa shape index (κ1) is 18.5. The average Bonchev–Trinajstić information content (AvgIpc) is 2.71. The fourth-order valence-electron chi connectivity index (χ4n) is 3.32. The van der Waals surface area contributed by atoms with Crippen LogP contribution in [0.15, 0.2) is 30.3 Å². The molecule has 1 aliphatic rings. The van der Waals surface area contributed by atoms with Gasteiger partial charge in [-0.05, 0) is 35.7 Å². The number of hydrogen-bond acceptors (Lipinski definition) is 6. The highest BCUT2D eigenvalue weighted by Crippen LogP contribution is 2.35. The van der Waals surface area contributed by atoms with Crippen LogP contribution in [0.4, 0.5) is 11.4 Å². The highest BCUT2D eigenvalue weighted by atomic mass is 16.6. The van der Waals surface area contributed by atoms with Crippen molar-refractivity contribution in [2.45, 2.75) is 13.0 Å². The molecule has 1 N–H and O–H groups in total. The molecule has 27 heavy (non-hydrogen) atoms. The Bertz CT molecular complexity index is 897. The van der Waals surface area contributed by atoms with E-state index in [4.69, 9.17) is 9.47 Å². The molecule has 1 heterocycles. The highest BCUT2D eigenvalue weighted by Gasteiger charge is 2.24. The first-order valence-electron chi connectivity index (χ1n) is 8.47. The van der Waals surface area contributed by atoms with Crippen molar-refractivity contribution in [1.29, 1.82) is 0 Å². The van der Waals surface area contributed by atoms with Crippen LogP contribution < -0.4 is 19.7 Å². The summed E-state index contributed by atoms with van der Waals surface area (Å²) in [6, 6.07) is 8.28. The lowest BCUT2D eigenvalue weighted by atomic mass is 9.97. The molecule has 2 aromatic carbocycles. The van der Waals surface area contributed by atoms with Crippen molar-refractivity contribution in [3.8, 4) is 11.5 Å². The summed E-state index contributed by atoms with van der Waals surface area (Å²) in [6.07, 6.45) is 0.764. The van der Waals surface area contributed by atoms with Crippen LogP contribution in [0, 0.1) is 10.1 Å². The Balaban J connectivity index is 1.99. The van der Waals surface area contributed by atoms with Gasteiger partial charge < -0.3 is 19.7 Å². The largest absolute Gasteiger partial charge is 0.493 e. The quantitative estimate of drug-likeness (QED) is 0.641. The predicted octanol–water partition coefficient (Wildman–Crippen LogP) is 2.53.